The fourth-order valence-corrected chi connectivity index (χ4v) is 4.23. The van der Waals surface area contributed by atoms with E-state index >= 15 is 0 Å². The standard InChI is InChI=1S/C17H21N3O3/c1-8-7-11(12-9(2)20-23-16(12)18-8)15(21)19-13-10-5-6-22-14(10)17(13,3)4/h7,10,13-14H,5-6H2,1-4H3,(H,19,21)/t10-,13-,14+/m1/s1. The summed E-state index contributed by atoms with van der Waals surface area (Å²) in [6.45, 7) is 8.77. The van der Waals surface area contributed by atoms with Crippen LogP contribution in [0.5, 0.6) is 0 Å². The molecule has 2 aliphatic rings. The monoisotopic (exact) mass is 315 g/mol. The molecule has 6 heteroatoms. The Kier molecular flexibility index (Phi) is 3.04. The van der Waals surface area contributed by atoms with Crippen LogP contribution in [0.25, 0.3) is 11.1 Å². The highest BCUT2D eigenvalue weighted by Gasteiger charge is 2.59. The summed E-state index contributed by atoms with van der Waals surface area (Å²) in [5.74, 6) is 0.325. The van der Waals surface area contributed by atoms with Gasteiger partial charge >= 0.3 is 0 Å². The fourth-order valence-electron chi connectivity index (χ4n) is 4.23. The molecular weight excluding hydrogens is 294 g/mol. The Balaban J connectivity index is 1.67. The molecule has 4 rings (SSSR count). The molecule has 0 radical (unpaired) electrons. The van der Waals surface area contributed by atoms with E-state index in [1.165, 1.54) is 0 Å². The van der Waals surface area contributed by atoms with E-state index in [-0.39, 0.29) is 23.5 Å². The summed E-state index contributed by atoms with van der Waals surface area (Å²) in [5, 5.41) is 7.85. The van der Waals surface area contributed by atoms with Gasteiger partial charge in [-0.05, 0) is 26.3 Å². The van der Waals surface area contributed by atoms with E-state index < -0.39 is 0 Å². The Morgan fingerprint density at radius 2 is 2.17 bits per heavy atom. The molecule has 1 saturated heterocycles. The number of amides is 1. The Labute approximate surface area is 134 Å². The number of nitrogens with zero attached hydrogens (tertiary/aromatic N) is 2. The molecule has 0 bridgehead atoms. The zero-order valence-electron chi connectivity index (χ0n) is 13.8. The first-order valence-electron chi connectivity index (χ1n) is 8.05. The highest BCUT2D eigenvalue weighted by molar-refractivity contribution is 6.06. The van der Waals surface area contributed by atoms with Gasteiger partial charge in [-0.2, -0.15) is 0 Å². The van der Waals surface area contributed by atoms with Crippen molar-refractivity contribution < 1.29 is 14.1 Å². The molecule has 2 fully saturated rings. The lowest BCUT2D eigenvalue weighted by Crippen LogP contribution is -2.66. The molecular formula is C17H21N3O3. The lowest BCUT2D eigenvalue weighted by Gasteiger charge is -2.54. The van der Waals surface area contributed by atoms with Crippen LogP contribution in [0.15, 0.2) is 10.6 Å². The van der Waals surface area contributed by atoms with Gasteiger partial charge < -0.3 is 14.6 Å². The van der Waals surface area contributed by atoms with Gasteiger partial charge in [0, 0.05) is 29.7 Å². The van der Waals surface area contributed by atoms with E-state index in [0.717, 1.165) is 18.7 Å². The highest BCUT2D eigenvalue weighted by Crippen LogP contribution is 2.52. The van der Waals surface area contributed by atoms with Crippen LogP contribution < -0.4 is 5.32 Å². The molecule has 1 aliphatic heterocycles. The molecule has 6 nitrogen and oxygen atoms in total. The minimum Gasteiger partial charge on any atom is -0.377 e. The van der Waals surface area contributed by atoms with Crippen molar-refractivity contribution >= 4 is 17.0 Å². The smallest absolute Gasteiger partial charge is 0.258 e. The maximum atomic E-state index is 12.9. The topological polar surface area (TPSA) is 77.2 Å². The lowest BCUT2D eigenvalue weighted by atomic mass is 9.57. The van der Waals surface area contributed by atoms with Crippen molar-refractivity contribution in [1.82, 2.24) is 15.5 Å². The Bertz CT molecular complexity index is 796. The van der Waals surface area contributed by atoms with Gasteiger partial charge in [0.1, 0.15) is 0 Å². The van der Waals surface area contributed by atoms with E-state index in [1.54, 1.807) is 6.07 Å². The predicted molar refractivity (Wildman–Crippen MR) is 84.2 cm³/mol. The zero-order chi connectivity index (χ0) is 16.4. The number of rotatable bonds is 2. The van der Waals surface area contributed by atoms with Crippen molar-refractivity contribution in [3.05, 3.63) is 23.0 Å². The SMILES string of the molecule is Cc1cc(C(=O)N[C@@H]2[C@H]3CCO[C@@H]3C2(C)C)c2c(C)noc2n1. The third-order valence-electron chi connectivity index (χ3n) is 5.38. The van der Waals surface area contributed by atoms with E-state index in [1.807, 2.05) is 13.8 Å². The van der Waals surface area contributed by atoms with Crippen molar-refractivity contribution in [3.63, 3.8) is 0 Å². The number of carbonyl (C=O) groups excluding carboxylic acids is 1. The van der Waals surface area contributed by atoms with Gasteiger partial charge in [0.25, 0.3) is 11.6 Å². The number of pyridine rings is 1. The van der Waals surface area contributed by atoms with Crippen LogP contribution in [0.3, 0.4) is 0 Å². The van der Waals surface area contributed by atoms with Gasteiger partial charge in [0.2, 0.25) is 0 Å². The predicted octanol–water partition coefficient (Wildman–Crippen LogP) is 2.38. The number of carbonyl (C=O) groups is 1. The Hall–Kier alpha value is -1.95. The summed E-state index contributed by atoms with van der Waals surface area (Å²) >= 11 is 0. The van der Waals surface area contributed by atoms with Gasteiger partial charge in [0.05, 0.1) is 22.7 Å². The summed E-state index contributed by atoms with van der Waals surface area (Å²) in [6.07, 6.45) is 1.26. The molecule has 3 heterocycles. The van der Waals surface area contributed by atoms with Crippen molar-refractivity contribution in [3.8, 4) is 0 Å². The van der Waals surface area contributed by atoms with E-state index in [0.29, 0.717) is 28.3 Å². The Morgan fingerprint density at radius 3 is 2.96 bits per heavy atom. The van der Waals surface area contributed by atoms with Crippen LogP contribution >= 0.6 is 0 Å². The van der Waals surface area contributed by atoms with Crippen LogP contribution in [-0.4, -0.2) is 34.8 Å². The first-order valence-corrected chi connectivity index (χ1v) is 8.05. The molecule has 0 unspecified atom stereocenters. The quantitative estimate of drug-likeness (QED) is 0.920. The number of hydrogen-bond acceptors (Lipinski definition) is 5. The number of ether oxygens (including phenoxy) is 1. The molecule has 2 aromatic heterocycles. The van der Waals surface area contributed by atoms with Gasteiger partial charge in [0.15, 0.2) is 0 Å². The minimum atomic E-state index is -0.0878. The van der Waals surface area contributed by atoms with Gasteiger partial charge in [-0.3, -0.25) is 4.79 Å². The largest absolute Gasteiger partial charge is 0.377 e. The molecule has 1 N–H and O–H groups in total. The second-order valence-corrected chi connectivity index (χ2v) is 7.28. The Morgan fingerprint density at radius 1 is 1.39 bits per heavy atom. The molecule has 0 spiro atoms. The van der Waals surface area contributed by atoms with Crippen LogP contribution in [0.4, 0.5) is 0 Å². The van der Waals surface area contributed by atoms with Crippen LogP contribution in [0.1, 0.15) is 42.0 Å². The number of fused-ring (bicyclic) bond motifs is 2. The van der Waals surface area contributed by atoms with Crippen molar-refractivity contribution in [1.29, 1.82) is 0 Å². The van der Waals surface area contributed by atoms with Crippen molar-refractivity contribution in [2.75, 3.05) is 6.61 Å². The zero-order valence-corrected chi connectivity index (χ0v) is 13.8. The van der Waals surface area contributed by atoms with Gasteiger partial charge in [-0.25, -0.2) is 4.98 Å². The van der Waals surface area contributed by atoms with Crippen molar-refractivity contribution in [2.24, 2.45) is 11.3 Å². The number of hydrogen-bond donors (Lipinski definition) is 1. The fraction of sp³-hybridized carbons (Fsp3) is 0.588. The summed E-state index contributed by atoms with van der Waals surface area (Å²) in [7, 11) is 0. The van der Waals surface area contributed by atoms with Crippen LogP contribution in [-0.2, 0) is 4.74 Å². The maximum Gasteiger partial charge on any atom is 0.258 e. The summed E-state index contributed by atoms with van der Waals surface area (Å²) in [6, 6.07) is 1.93. The second-order valence-electron chi connectivity index (χ2n) is 7.28. The van der Waals surface area contributed by atoms with Crippen LogP contribution in [0, 0.1) is 25.2 Å². The number of nitrogens with one attached hydrogen (secondary N) is 1. The average molecular weight is 315 g/mol. The molecule has 0 aromatic carbocycles. The van der Waals surface area contributed by atoms with Crippen LogP contribution in [0.2, 0.25) is 0 Å². The van der Waals surface area contributed by atoms with Gasteiger partial charge in [-0.1, -0.05) is 19.0 Å². The van der Waals surface area contributed by atoms with E-state index in [2.05, 4.69) is 29.3 Å². The lowest BCUT2D eigenvalue weighted by molar-refractivity contribution is -0.108. The first kappa shape index (κ1) is 14.6. The van der Waals surface area contributed by atoms with Gasteiger partial charge in [-0.15, -0.1) is 0 Å². The molecule has 2 aromatic rings. The van der Waals surface area contributed by atoms with E-state index in [9.17, 15) is 4.79 Å². The summed E-state index contributed by atoms with van der Waals surface area (Å²) < 4.78 is 11.0. The normalized spacial score (nSPS) is 28.4. The average Bonchev–Trinajstić information content (AvgIpc) is 3.10. The third kappa shape index (κ3) is 2.01. The number of aryl methyl sites for hydroxylation is 2. The molecule has 1 amide bonds. The van der Waals surface area contributed by atoms with Crippen molar-refractivity contribution in [2.45, 2.75) is 46.3 Å². The minimum absolute atomic E-state index is 0.0400. The molecule has 3 atom stereocenters. The summed E-state index contributed by atoms with van der Waals surface area (Å²) in [4.78, 5) is 17.2. The van der Waals surface area contributed by atoms with E-state index in [4.69, 9.17) is 9.26 Å². The highest BCUT2D eigenvalue weighted by atomic mass is 16.5. The molecule has 122 valence electrons. The third-order valence-corrected chi connectivity index (χ3v) is 5.38. The molecule has 1 aliphatic carbocycles. The maximum absolute atomic E-state index is 12.9. The second kappa shape index (κ2) is 4.77. The first-order chi connectivity index (χ1) is 10.9. The molecule has 1 saturated carbocycles. The number of aromatic nitrogens is 2. The summed E-state index contributed by atoms with van der Waals surface area (Å²) in [5.41, 5.74) is 2.40. The molecule has 23 heavy (non-hydrogen) atoms.